The molecule has 2 rings (SSSR count). The lowest BCUT2D eigenvalue weighted by atomic mass is 10.1. The molecule has 1 fully saturated rings. The van der Waals surface area contributed by atoms with E-state index in [4.69, 9.17) is 0 Å². The summed E-state index contributed by atoms with van der Waals surface area (Å²) < 4.78 is 2.81. The normalized spacial score (nSPS) is 18.9. The first kappa shape index (κ1) is 12.6. The average Bonchev–Trinajstić information content (AvgIpc) is 2.58. The molecule has 0 amide bonds. The fraction of sp³-hybridized carbons (Fsp3) is 0.667. The first-order valence-electron chi connectivity index (χ1n) is 5.97. The summed E-state index contributed by atoms with van der Waals surface area (Å²) in [7, 11) is 1.97. The monoisotopic (exact) mass is 296 g/mol. The molecule has 2 heterocycles. The first-order chi connectivity index (χ1) is 8.15. The van der Waals surface area contributed by atoms with Crippen LogP contribution in [0, 0.1) is 18.3 Å². The number of rotatable bonds is 2. The van der Waals surface area contributed by atoms with Crippen LogP contribution in [0.5, 0.6) is 0 Å². The molecule has 1 saturated heterocycles. The summed E-state index contributed by atoms with van der Waals surface area (Å²) in [5.41, 5.74) is 0.979. The molecule has 0 radical (unpaired) electrons. The summed E-state index contributed by atoms with van der Waals surface area (Å²) in [5.74, 6) is 0.934. The van der Waals surface area contributed by atoms with Gasteiger partial charge in [-0.15, -0.1) is 0 Å². The van der Waals surface area contributed by atoms with Crippen molar-refractivity contribution in [2.45, 2.75) is 32.2 Å². The number of imidazole rings is 1. The minimum atomic E-state index is -0.184. The van der Waals surface area contributed by atoms with E-state index in [0.29, 0.717) is 0 Å². The number of nitrogens with zero attached hydrogens (tertiary/aromatic N) is 4. The number of piperidine rings is 1. The number of aryl methyl sites for hydroxylation is 1. The van der Waals surface area contributed by atoms with Crippen LogP contribution in [0.3, 0.4) is 0 Å². The third-order valence-electron chi connectivity index (χ3n) is 3.46. The number of aromatic nitrogens is 2. The smallest absolute Gasteiger partial charge is 0.141 e. The first-order valence-corrected chi connectivity index (χ1v) is 6.77. The Bertz CT molecular complexity index is 440. The van der Waals surface area contributed by atoms with Gasteiger partial charge in [0.15, 0.2) is 0 Å². The van der Waals surface area contributed by atoms with E-state index in [9.17, 15) is 5.26 Å². The van der Waals surface area contributed by atoms with E-state index in [1.54, 1.807) is 0 Å². The molecule has 1 atom stereocenters. The van der Waals surface area contributed by atoms with Crippen LogP contribution in [0.1, 0.15) is 36.8 Å². The molecule has 1 unspecified atom stereocenters. The maximum Gasteiger partial charge on any atom is 0.141 e. The number of hydrogen-bond donors (Lipinski definition) is 0. The molecule has 0 aliphatic carbocycles. The summed E-state index contributed by atoms with van der Waals surface area (Å²) in [4.78, 5) is 6.63. The molecule has 0 aromatic carbocycles. The summed E-state index contributed by atoms with van der Waals surface area (Å²) in [6, 6.07) is 2.23. The molecular formula is C12H17BrN4. The van der Waals surface area contributed by atoms with Crippen LogP contribution in [0.25, 0.3) is 0 Å². The van der Waals surface area contributed by atoms with E-state index in [-0.39, 0.29) is 6.04 Å². The van der Waals surface area contributed by atoms with Gasteiger partial charge in [-0.05, 0) is 48.8 Å². The number of hydrogen-bond acceptors (Lipinski definition) is 3. The second kappa shape index (κ2) is 5.19. The SMILES string of the molecule is Cc1nc(Br)c(C(C#N)N2CCCCC2)n1C. The minimum Gasteiger partial charge on any atom is -0.332 e. The van der Waals surface area contributed by atoms with Crippen molar-refractivity contribution < 1.29 is 0 Å². The van der Waals surface area contributed by atoms with Gasteiger partial charge in [0.1, 0.15) is 16.5 Å². The predicted molar refractivity (Wildman–Crippen MR) is 69.4 cm³/mol. The van der Waals surface area contributed by atoms with Crippen LogP contribution in [-0.2, 0) is 7.05 Å². The molecule has 0 saturated carbocycles. The van der Waals surface area contributed by atoms with Crippen molar-refractivity contribution in [2.75, 3.05) is 13.1 Å². The molecule has 17 heavy (non-hydrogen) atoms. The van der Waals surface area contributed by atoms with E-state index >= 15 is 0 Å². The Morgan fingerprint density at radius 1 is 1.35 bits per heavy atom. The lowest BCUT2D eigenvalue weighted by Crippen LogP contribution is -2.34. The number of halogens is 1. The van der Waals surface area contributed by atoms with Gasteiger partial charge in [0, 0.05) is 7.05 Å². The second-order valence-electron chi connectivity index (χ2n) is 4.52. The van der Waals surface area contributed by atoms with E-state index < -0.39 is 0 Å². The Kier molecular flexibility index (Phi) is 3.85. The van der Waals surface area contributed by atoms with Crippen LogP contribution in [0.15, 0.2) is 4.60 Å². The van der Waals surface area contributed by atoms with Crippen molar-refractivity contribution in [2.24, 2.45) is 7.05 Å². The topological polar surface area (TPSA) is 44.9 Å². The molecule has 92 valence electrons. The number of nitriles is 1. The van der Waals surface area contributed by atoms with Gasteiger partial charge < -0.3 is 4.57 Å². The van der Waals surface area contributed by atoms with Crippen LogP contribution >= 0.6 is 15.9 Å². The summed E-state index contributed by atoms with van der Waals surface area (Å²) in [5, 5.41) is 9.44. The van der Waals surface area contributed by atoms with Gasteiger partial charge in [-0.25, -0.2) is 4.98 Å². The Morgan fingerprint density at radius 3 is 2.47 bits per heavy atom. The molecular weight excluding hydrogens is 280 g/mol. The molecule has 0 bridgehead atoms. The van der Waals surface area contributed by atoms with E-state index in [1.807, 2.05) is 18.5 Å². The molecule has 1 aliphatic rings. The summed E-state index contributed by atoms with van der Waals surface area (Å²) >= 11 is 3.47. The molecule has 5 heteroatoms. The zero-order valence-electron chi connectivity index (χ0n) is 10.3. The van der Waals surface area contributed by atoms with Gasteiger partial charge in [0.25, 0.3) is 0 Å². The van der Waals surface area contributed by atoms with Crippen LogP contribution in [-0.4, -0.2) is 27.5 Å². The average molecular weight is 297 g/mol. The van der Waals surface area contributed by atoms with Gasteiger partial charge in [-0.2, -0.15) is 5.26 Å². The number of likely N-dealkylation sites (tertiary alicyclic amines) is 1. The summed E-state index contributed by atoms with van der Waals surface area (Å²) in [6.07, 6.45) is 3.65. The van der Waals surface area contributed by atoms with Gasteiger partial charge in [-0.3, -0.25) is 4.90 Å². The highest BCUT2D eigenvalue weighted by molar-refractivity contribution is 9.10. The zero-order valence-corrected chi connectivity index (χ0v) is 11.9. The van der Waals surface area contributed by atoms with Crippen molar-refractivity contribution in [3.05, 3.63) is 16.1 Å². The maximum atomic E-state index is 9.44. The van der Waals surface area contributed by atoms with Crippen molar-refractivity contribution in [3.63, 3.8) is 0 Å². The molecule has 1 aromatic rings. The quantitative estimate of drug-likeness (QED) is 0.842. The van der Waals surface area contributed by atoms with Crippen molar-refractivity contribution in [1.82, 2.24) is 14.5 Å². The molecule has 0 spiro atoms. The molecule has 1 aliphatic heterocycles. The lowest BCUT2D eigenvalue weighted by molar-refractivity contribution is 0.191. The van der Waals surface area contributed by atoms with Crippen molar-refractivity contribution in [1.29, 1.82) is 5.26 Å². The Morgan fingerprint density at radius 2 is 2.00 bits per heavy atom. The van der Waals surface area contributed by atoms with E-state index in [2.05, 4.69) is 31.9 Å². The highest BCUT2D eigenvalue weighted by Gasteiger charge is 2.27. The Hall–Kier alpha value is -0.860. The van der Waals surface area contributed by atoms with Crippen LogP contribution < -0.4 is 0 Å². The van der Waals surface area contributed by atoms with E-state index in [0.717, 1.165) is 29.2 Å². The summed E-state index contributed by atoms with van der Waals surface area (Å²) in [6.45, 7) is 3.97. The minimum absolute atomic E-state index is 0.184. The van der Waals surface area contributed by atoms with Crippen molar-refractivity contribution in [3.8, 4) is 6.07 Å². The molecule has 4 nitrogen and oxygen atoms in total. The van der Waals surface area contributed by atoms with Gasteiger partial charge in [0.2, 0.25) is 0 Å². The fourth-order valence-corrected chi connectivity index (χ4v) is 3.12. The fourth-order valence-electron chi connectivity index (χ4n) is 2.38. The Labute approximate surface area is 110 Å². The van der Waals surface area contributed by atoms with Crippen LogP contribution in [0.2, 0.25) is 0 Å². The molecule has 1 aromatic heterocycles. The van der Waals surface area contributed by atoms with Gasteiger partial charge in [-0.1, -0.05) is 6.42 Å². The van der Waals surface area contributed by atoms with E-state index in [1.165, 1.54) is 19.3 Å². The highest BCUT2D eigenvalue weighted by Crippen LogP contribution is 2.29. The zero-order chi connectivity index (χ0) is 12.4. The lowest BCUT2D eigenvalue weighted by Gasteiger charge is -2.30. The molecule has 0 N–H and O–H groups in total. The second-order valence-corrected chi connectivity index (χ2v) is 5.27. The highest BCUT2D eigenvalue weighted by atomic mass is 79.9. The third kappa shape index (κ3) is 2.38. The van der Waals surface area contributed by atoms with Gasteiger partial charge >= 0.3 is 0 Å². The Balaban J connectivity index is 2.31. The van der Waals surface area contributed by atoms with Crippen LogP contribution in [0.4, 0.5) is 0 Å². The van der Waals surface area contributed by atoms with Crippen molar-refractivity contribution >= 4 is 15.9 Å². The predicted octanol–water partition coefficient (Wildman–Crippen LogP) is 2.54. The van der Waals surface area contributed by atoms with Gasteiger partial charge in [0.05, 0.1) is 11.8 Å². The third-order valence-corrected chi connectivity index (χ3v) is 4.04. The standard InChI is InChI=1S/C12H17BrN4/c1-9-15-12(13)11(16(9)2)10(8-14)17-6-4-3-5-7-17/h10H,3-7H2,1-2H3. The maximum absolute atomic E-state index is 9.44. The largest absolute Gasteiger partial charge is 0.332 e.